The standard InChI is InChI=1S/C13H20O4S/c14-7-11(16)6-5-10-3-1-2-4-13(10)18-9-12(17)8-15/h1-4,11-12,14-17H,5-9H2. The van der Waals surface area contributed by atoms with Gasteiger partial charge in [-0.15, -0.1) is 11.8 Å². The summed E-state index contributed by atoms with van der Waals surface area (Å²) in [6.45, 7) is -0.461. The van der Waals surface area contributed by atoms with Crippen LogP contribution in [0.4, 0.5) is 0 Å². The average Bonchev–Trinajstić information content (AvgIpc) is 2.42. The van der Waals surface area contributed by atoms with E-state index in [4.69, 9.17) is 10.2 Å². The number of hydrogen-bond acceptors (Lipinski definition) is 5. The average molecular weight is 272 g/mol. The maximum Gasteiger partial charge on any atom is 0.0864 e. The first kappa shape index (κ1) is 15.5. The molecule has 4 nitrogen and oxygen atoms in total. The lowest BCUT2D eigenvalue weighted by molar-refractivity contribution is 0.0884. The summed E-state index contributed by atoms with van der Waals surface area (Å²) < 4.78 is 0. The highest BCUT2D eigenvalue weighted by Gasteiger charge is 2.08. The first-order valence-electron chi connectivity index (χ1n) is 5.96. The van der Waals surface area contributed by atoms with Crippen LogP contribution in [-0.4, -0.2) is 51.6 Å². The van der Waals surface area contributed by atoms with Gasteiger partial charge in [-0.2, -0.15) is 0 Å². The molecule has 0 radical (unpaired) electrons. The second kappa shape index (κ2) is 8.50. The van der Waals surface area contributed by atoms with E-state index in [1.165, 1.54) is 11.8 Å². The van der Waals surface area contributed by atoms with E-state index in [9.17, 15) is 10.2 Å². The summed E-state index contributed by atoms with van der Waals surface area (Å²) in [4.78, 5) is 1.04. The zero-order valence-corrected chi connectivity index (χ0v) is 11.0. The molecule has 1 aromatic carbocycles. The first-order valence-corrected chi connectivity index (χ1v) is 6.94. The van der Waals surface area contributed by atoms with Crippen LogP contribution in [0, 0.1) is 0 Å². The molecule has 0 amide bonds. The smallest absolute Gasteiger partial charge is 0.0864 e. The molecule has 1 aromatic rings. The van der Waals surface area contributed by atoms with Crippen molar-refractivity contribution in [1.29, 1.82) is 0 Å². The van der Waals surface area contributed by atoms with Gasteiger partial charge < -0.3 is 20.4 Å². The van der Waals surface area contributed by atoms with E-state index < -0.39 is 12.2 Å². The molecule has 0 saturated carbocycles. The van der Waals surface area contributed by atoms with Gasteiger partial charge in [-0.3, -0.25) is 0 Å². The van der Waals surface area contributed by atoms with Crippen molar-refractivity contribution in [3.05, 3.63) is 29.8 Å². The van der Waals surface area contributed by atoms with Crippen molar-refractivity contribution in [3.8, 4) is 0 Å². The highest BCUT2D eigenvalue weighted by Crippen LogP contribution is 2.24. The SMILES string of the molecule is OCC(O)CCc1ccccc1SCC(O)CO. The van der Waals surface area contributed by atoms with Crippen LogP contribution in [-0.2, 0) is 6.42 Å². The molecule has 0 heterocycles. The van der Waals surface area contributed by atoms with Gasteiger partial charge in [0.15, 0.2) is 0 Å². The van der Waals surface area contributed by atoms with Crippen LogP contribution in [0.5, 0.6) is 0 Å². The topological polar surface area (TPSA) is 80.9 Å². The predicted octanol–water partition coefficient (Wildman–Crippen LogP) is 0.418. The molecule has 0 aliphatic heterocycles. The minimum atomic E-state index is -0.717. The van der Waals surface area contributed by atoms with Gasteiger partial charge in [-0.05, 0) is 24.5 Å². The predicted molar refractivity (Wildman–Crippen MR) is 71.7 cm³/mol. The van der Waals surface area contributed by atoms with Gasteiger partial charge >= 0.3 is 0 Å². The molecule has 18 heavy (non-hydrogen) atoms. The number of rotatable bonds is 8. The molecule has 0 spiro atoms. The van der Waals surface area contributed by atoms with Crippen molar-refractivity contribution in [3.63, 3.8) is 0 Å². The lowest BCUT2D eigenvalue weighted by atomic mass is 10.1. The van der Waals surface area contributed by atoms with E-state index in [0.29, 0.717) is 18.6 Å². The van der Waals surface area contributed by atoms with Crippen molar-refractivity contribution >= 4 is 11.8 Å². The highest BCUT2D eigenvalue weighted by atomic mass is 32.2. The molecule has 0 aromatic heterocycles. The summed E-state index contributed by atoms with van der Waals surface area (Å²) >= 11 is 1.48. The van der Waals surface area contributed by atoms with Crippen molar-refractivity contribution in [1.82, 2.24) is 0 Å². The van der Waals surface area contributed by atoms with E-state index in [-0.39, 0.29) is 13.2 Å². The molecule has 2 unspecified atom stereocenters. The largest absolute Gasteiger partial charge is 0.394 e. The van der Waals surface area contributed by atoms with Crippen LogP contribution in [0.25, 0.3) is 0 Å². The van der Waals surface area contributed by atoms with E-state index in [1.54, 1.807) is 0 Å². The van der Waals surface area contributed by atoms with E-state index >= 15 is 0 Å². The number of aryl methyl sites for hydroxylation is 1. The number of benzene rings is 1. The van der Waals surface area contributed by atoms with Crippen LogP contribution in [0.1, 0.15) is 12.0 Å². The molecule has 102 valence electrons. The number of thioether (sulfide) groups is 1. The van der Waals surface area contributed by atoms with Crippen molar-refractivity contribution in [2.24, 2.45) is 0 Å². The fourth-order valence-electron chi connectivity index (χ4n) is 1.50. The van der Waals surface area contributed by atoms with Crippen molar-refractivity contribution in [2.45, 2.75) is 29.9 Å². The Morgan fingerprint density at radius 2 is 1.67 bits per heavy atom. The molecule has 4 N–H and O–H groups in total. The van der Waals surface area contributed by atoms with Crippen LogP contribution < -0.4 is 0 Å². The molecule has 0 aliphatic rings. The fraction of sp³-hybridized carbons (Fsp3) is 0.538. The summed E-state index contributed by atoms with van der Waals surface area (Å²) in [6, 6.07) is 7.76. The molecule has 0 saturated heterocycles. The minimum absolute atomic E-state index is 0.224. The Labute approximate surface area is 111 Å². The Morgan fingerprint density at radius 3 is 2.33 bits per heavy atom. The molecule has 2 atom stereocenters. The van der Waals surface area contributed by atoms with Crippen molar-refractivity contribution < 1.29 is 20.4 Å². The highest BCUT2D eigenvalue weighted by molar-refractivity contribution is 7.99. The van der Waals surface area contributed by atoms with Gasteiger partial charge in [-0.1, -0.05) is 18.2 Å². The van der Waals surface area contributed by atoms with E-state index in [1.807, 2.05) is 24.3 Å². The molecular weight excluding hydrogens is 252 g/mol. The number of aliphatic hydroxyl groups is 4. The summed E-state index contributed by atoms with van der Waals surface area (Å²) in [5, 5.41) is 36.2. The van der Waals surface area contributed by atoms with Crippen molar-refractivity contribution in [2.75, 3.05) is 19.0 Å². The Balaban J connectivity index is 2.56. The number of hydrogen-bond donors (Lipinski definition) is 4. The van der Waals surface area contributed by atoms with Crippen LogP contribution in [0.3, 0.4) is 0 Å². The molecule has 0 fully saturated rings. The molecule has 1 rings (SSSR count). The minimum Gasteiger partial charge on any atom is -0.394 e. The van der Waals surface area contributed by atoms with Crippen LogP contribution >= 0.6 is 11.8 Å². The lowest BCUT2D eigenvalue weighted by Crippen LogP contribution is -2.15. The van der Waals surface area contributed by atoms with Gasteiger partial charge in [0, 0.05) is 10.6 Å². The third kappa shape index (κ3) is 5.37. The maximum absolute atomic E-state index is 9.34. The Bertz CT molecular complexity index is 313. The third-order valence-electron chi connectivity index (χ3n) is 2.57. The second-order valence-electron chi connectivity index (χ2n) is 4.13. The number of aliphatic hydroxyl groups excluding tert-OH is 4. The lowest BCUT2D eigenvalue weighted by Gasteiger charge is -2.12. The molecule has 0 bridgehead atoms. The zero-order valence-electron chi connectivity index (χ0n) is 10.2. The summed E-state index contributed by atoms with van der Waals surface area (Å²) in [6.07, 6.45) is -0.214. The van der Waals surface area contributed by atoms with Crippen LogP contribution in [0.15, 0.2) is 29.2 Å². The second-order valence-corrected chi connectivity index (χ2v) is 5.19. The molecular formula is C13H20O4S. The van der Waals surface area contributed by atoms with Gasteiger partial charge in [0.2, 0.25) is 0 Å². The third-order valence-corrected chi connectivity index (χ3v) is 3.83. The first-order chi connectivity index (χ1) is 8.67. The molecule has 5 heteroatoms. The Morgan fingerprint density at radius 1 is 1.00 bits per heavy atom. The Kier molecular flexibility index (Phi) is 7.31. The molecule has 0 aliphatic carbocycles. The fourth-order valence-corrected chi connectivity index (χ4v) is 2.51. The van der Waals surface area contributed by atoms with Gasteiger partial charge in [0.1, 0.15) is 0 Å². The van der Waals surface area contributed by atoms with Gasteiger partial charge in [-0.25, -0.2) is 0 Å². The maximum atomic E-state index is 9.34. The quantitative estimate of drug-likeness (QED) is 0.516. The van der Waals surface area contributed by atoms with Crippen LogP contribution in [0.2, 0.25) is 0 Å². The normalized spacial score (nSPS) is 14.4. The van der Waals surface area contributed by atoms with E-state index in [2.05, 4.69) is 0 Å². The monoisotopic (exact) mass is 272 g/mol. The summed E-state index contributed by atoms with van der Waals surface area (Å²) in [5.74, 6) is 0.441. The van der Waals surface area contributed by atoms with E-state index in [0.717, 1.165) is 10.5 Å². The summed E-state index contributed by atoms with van der Waals surface area (Å²) in [7, 11) is 0. The zero-order chi connectivity index (χ0) is 13.4. The van der Waals surface area contributed by atoms with Gasteiger partial charge in [0.05, 0.1) is 25.4 Å². The Hall–Kier alpha value is -0.590. The van der Waals surface area contributed by atoms with Gasteiger partial charge in [0.25, 0.3) is 0 Å². The summed E-state index contributed by atoms with van der Waals surface area (Å²) in [5.41, 5.74) is 1.08.